The average Bonchev–Trinajstić information content (AvgIpc) is 3.26. The van der Waals surface area contributed by atoms with Gasteiger partial charge in [0.15, 0.2) is 6.10 Å². The molecule has 0 aliphatic heterocycles. The quantitative estimate of drug-likeness (QED) is 0.0344. The van der Waals surface area contributed by atoms with Crippen LogP contribution in [0.2, 0.25) is 0 Å². The highest BCUT2D eigenvalue weighted by atomic mass is 16.6. The van der Waals surface area contributed by atoms with Gasteiger partial charge in [-0.2, -0.15) is 0 Å². The van der Waals surface area contributed by atoms with E-state index in [2.05, 4.69) is 41.5 Å². The molecular weight excluding hydrogens is 769 g/mol. The van der Waals surface area contributed by atoms with Crippen LogP contribution < -0.4 is 0 Å². The molecule has 0 radical (unpaired) electrons. The van der Waals surface area contributed by atoms with Gasteiger partial charge < -0.3 is 14.2 Å². The van der Waals surface area contributed by atoms with Crippen molar-refractivity contribution in [2.45, 2.75) is 311 Å². The Morgan fingerprint density at radius 1 is 0.323 bits per heavy atom. The standard InChI is InChI=1S/C56H108O6/c1-7-51(5)43-37-31-25-21-17-15-13-11-9-10-12-14-16-18-22-27-35-41-47-56(59)62-53(49-61-55(58)46-40-34-29-28-32-38-44-52(6)8-2)48-60-54(57)45-39-33-26-23-19-20-24-30-36-42-50(3)4/h50-53H,7-49H2,1-6H3/t51?,52?,53-/m0/s1. The van der Waals surface area contributed by atoms with Gasteiger partial charge in [0.1, 0.15) is 13.2 Å². The molecule has 3 atom stereocenters. The van der Waals surface area contributed by atoms with Crippen molar-refractivity contribution >= 4 is 17.9 Å². The predicted molar refractivity (Wildman–Crippen MR) is 266 cm³/mol. The third-order valence-corrected chi connectivity index (χ3v) is 13.4. The number of ether oxygens (including phenoxy) is 3. The number of carbonyl (C=O) groups excluding carboxylic acids is 3. The van der Waals surface area contributed by atoms with E-state index in [1.807, 2.05) is 0 Å². The first kappa shape index (κ1) is 60.4. The van der Waals surface area contributed by atoms with Gasteiger partial charge >= 0.3 is 17.9 Å². The number of esters is 3. The summed E-state index contributed by atoms with van der Waals surface area (Å²) >= 11 is 0. The number of hydrogen-bond acceptors (Lipinski definition) is 6. The number of unbranched alkanes of at least 4 members (excludes halogenated alkanes) is 30. The highest BCUT2D eigenvalue weighted by molar-refractivity contribution is 5.71. The van der Waals surface area contributed by atoms with Crippen LogP contribution in [0.15, 0.2) is 0 Å². The zero-order valence-corrected chi connectivity index (χ0v) is 42.7. The van der Waals surface area contributed by atoms with Crippen LogP contribution in [0.1, 0.15) is 305 Å². The van der Waals surface area contributed by atoms with Crippen molar-refractivity contribution in [1.29, 1.82) is 0 Å². The lowest BCUT2D eigenvalue weighted by Crippen LogP contribution is -2.30. The minimum atomic E-state index is -0.763. The van der Waals surface area contributed by atoms with Gasteiger partial charge in [-0.05, 0) is 37.0 Å². The largest absolute Gasteiger partial charge is 0.462 e. The van der Waals surface area contributed by atoms with E-state index in [-0.39, 0.29) is 31.1 Å². The van der Waals surface area contributed by atoms with Crippen LogP contribution in [0.3, 0.4) is 0 Å². The summed E-state index contributed by atoms with van der Waals surface area (Å²) in [7, 11) is 0. The summed E-state index contributed by atoms with van der Waals surface area (Å²) in [5.41, 5.74) is 0. The third kappa shape index (κ3) is 46.4. The molecule has 0 aromatic rings. The average molecular weight is 877 g/mol. The second-order valence-corrected chi connectivity index (χ2v) is 20.2. The molecule has 0 bridgehead atoms. The summed E-state index contributed by atoms with van der Waals surface area (Å²) in [5.74, 6) is 1.68. The molecule has 0 aromatic heterocycles. The van der Waals surface area contributed by atoms with E-state index in [4.69, 9.17) is 14.2 Å². The van der Waals surface area contributed by atoms with Crippen molar-refractivity contribution in [2.75, 3.05) is 13.2 Å². The zero-order chi connectivity index (χ0) is 45.6. The molecule has 6 nitrogen and oxygen atoms in total. The molecule has 0 saturated heterocycles. The van der Waals surface area contributed by atoms with Crippen molar-refractivity contribution in [3.05, 3.63) is 0 Å². The van der Waals surface area contributed by atoms with Gasteiger partial charge in [-0.1, -0.05) is 266 Å². The van der Waals surface area contributed by atoms with Gasteiger partial charge in [0, 0.05) is 19.3 Å². The molecule has 2 unspecified atom stereocenters. The third-order valence-electron chi connectivity index (χ3n) is 13.4. The van der Waals surface area contributed by atoms with E-state index in [1.54, 1.807) is 0 Å². The Bertz CT molecular complexity index is 964. The lowest BCUT2D eigenvalue weighted by molar-refractivity contribution is -0.167. The molecule has 62 heavy (non-hydrogen) atoms. The Morgan fingerprint density at radius 2 is 0.565 bits per heavy atom. The Kier molecular flexibility index (Phi) is 46.2. The predicted octanol–water partition coefficient (Wildman–Crippen LogP) is 17.9. The Morgan fingerprint density at radius 3 is 0.839 bits per heavy atom. The zero-order valence-electron chi connectivity index (χ0n) is 42.7. The van der Waals surface area contributed by atoms with Crippen LogP contribution in [-0.4, -0.2) is 37.2 Å². The molecule has 0 aliphatic rings. The number of hydrogen-bond donors (Lipinski definition) is 0. The van der Waals surface area contributed by atoms with Crippen molar-refractivity contribution in [3.8, 4) is 0 Å². The maximum Gasteiger partial charge on any atom is 0.306 e. The molecule has 0 fully saturated rings. The lowest BCUT2D eigenvalue weighted by atomic mass is 9.99. The topological polar surface area (TPSA) is 78.9 Å². The maximum absolute atomic E-state index is 12.8. The van der Waals surface area contributed by atoms with Crippen LogP contribution in [0, 0.1) is 17.8 Å². The van der Waals surface area contributed by atoms with E-state index in [0.29, 0.717) is 19.3 Å². The molecule has 0 spiro atoms. The van der Waals surface area contributed by atoms with Crippen molar-refractivity contribution in [2.24, 2.45) is 17.8 Å². The van der Waals surface area contributed by atoms with E-state index in [9.17, 15) is 14.4 Å². The number of carbonyl (C=O) groups is 3. The van der Waals surface area contributed by atoms with E-state index < -0.39 is 6.10 Å². The minimum absolute atomic E-state index is 0.0653. The first-order valence-corrected chi connectivity index (χ1v) is 27.7. The molecule has 0 rings (SSSR count). The molecule has 0 aromatic carbocycles. The molecule has 368 valence electrons. The van der Waals surface area contributed by atoms with Crippen LogP contribution >= 0.6 is 0 Å². The molecule has 0 saturated carbocycles. The van der Waals surface area contributed by atoms with Crippen LogP contribution in [-0.2, 0) is 28.6 Å². The van der Waals surface area contributed by atoms with Crippen LogP contribution in [0.5, 0.6) is 0 Å². The van der Waals surface area contributed by atoms with Crippen molar-refractivity contribution < 1.29 is 28.6 Å². The van der Waals surface area contributed by atoms with Gasteiger partial charge in [-0.3, -0.25) is 14.4 Å². The highest BCUT2D eigenvalue weighted by Gasteiger charge is 2.19. The van der Waals surface area contributed by atoms with Crippen molar-refractivity contribution in [3.63, 3.8) is 0 Å². The Hall–Kier alpha value is -1.59. The van der Waals surface area contributed by atoms with Gasteiger partial charge in [0.2, 0.25) is 0 Å². The normalized spacial score (nSPS) is 13.0. The fourth-order valence-electron chi connectivity index (χ4n) is 8.40. The van der Waals surface area contributed by atoms with Gasteiger partial charge in [0.25, 0.3) is 0 Å². The smallest absolute Gasteiger partial charge is 0.306 e. The van der Waals surface area contributed by atoms with E-state index in [1.165, 1.54) is 186 Å². The fourth-order valence-corrected chi connectivity index (χ4v) is 8.40. The second-order valence-electron chi connectivity index (χ2n) is 20.2. The summed E-state index contributed by atoms with van der Waals surface area (Å²) in [6.45, 7) is 13.7. The van der Waals surface area contributed by atoms with Crippen LogP contribution in [0.4, 0.5) is 0 Å². The summed E-state index contributed by atoms with van der Waals surface area (Å²) in [6, 6.07) is 0. The maximum atomic E-state index is 12.8. The summed E-state index contributed by atoms with van der Waals surface area (Å²) < 4.78 is 16.8. The first-order chi connectivity index (χ1) is 30.2. The minimum Gasteiger partial charge on any atom is -0.462 e. The van der Waals surface area contributed by atoms with Crippen LogP contribution in [0.25, 0.3) is 0 Å². The van der Waals surface area contributed by atoms with E-state index in [0.717, 1.165) is 75.5 Å². The monoisotopic (exact) mass is 877 g/mol. The lowest BCUT2D eigenvalue weighted by Gasteiger charge is -2.18. The molecule has 6 heteroatoms. The molecular formula is C56H108O6. The summed E-state index contributed by atoms with van der Waals surface area (Å²) in [4.78, 5) is 38.0. The molecule has 0 aliphatic carbocycles. The summed E-state index contributed by atoms with van der Waals surface area (Å²) in [6.07, 6.45) is 48.1. The van der Waals surface area contributed by atoms with Gasteiger partial charge in [0.05, 0.1) is 0 Å². The first-order valence-electron chi connectivity index (χ1n) is 27.7. The molecule has 0 heterocycles. The van der Waals surface area contributed by atoms with E-state index >= 15 is 0 Å². The fraction of sp³-hybridized carbons (Fsp3) is 0.946. The highest BCUT2D eigenvalue weighted by Crippen LogP contribution is 2.19. The Labute approximate surface area is 387 Å². The molecule has 0 N–H and O–H groups in total. The SMILES string of the molecule is CCC(C)CCCCCCCCCCCCCCCCCCCCC(=O)O[C@@H](COC(=O)CCCCCCCCCCCC(C)C)COC(=O)CCCCCCCCC(C)CC. The summed E-state index contributed by atoms with van der Waals surface area (Å²) in [5, 5.41) is 0. The van der Waals surface area contributed by atoms with Gasteiger partial charge in [-0.15, -0.1) is 0 Å². The van der Waals surface area contributed by atoms with Gasteiger partial charge in [-0.25, -0.2) is 0 Å². The molecule has 0 amide bonds. The van der Waals surface area contributed by atoms with Crippen molar-refractivity contribution in [1.82, 2.24) is 0 Å². The second kappa shape index (κ2) is 47.4. The number of rotatable bonds is 49. The Balaban J connectivity index is 4.21.